The molecule has 1 aromatic rings. The van der Waals surface area contributed by atoms with Gasteiger partial charge in [0.2, 0.25) is 0 Å². The number of Topliss-reactive ketones (excluding diaryl/α,β-unsaturated/α-hetero) is 1. The summed E-state index contributed by atoms with van der Waals surface area (Å²) in [6.45, 7) is 5.80. The van der Waals surface area contributed by atoms with Crippen LogP contribution in [0, 0.1) is 5.92 Å². The molecule has 0 radical (unpaired) electrons. The van der Waals surface area contributed by atoms with Gasteiger partial charge in [0.1, 0.15) is 0 Å². The van der Waals surface area contributed by atoms with Crippen molar-refractivity contribution >= 4 is 12.0 Å². The van der Waals surface area contributed by atoms with E-state index in [2.05, 4.69) is 23.8 Å². The molecule has 0 spiro atoms. The number of aryl methyl sites for hydroxylation is 1. The van der Waals surface area contributed by atoms with Crippen molar-refractivity contribution in [1.29, 1.82) is 0 Å². The van der Waals surface area contributed by atoms with Crippen LogP contribution in [0.4, 0.5) is 0 Å². The number of hydrazone groups is 1. The minimum atomic E-state index is -0.0741. The molecule has 0 aliphatic rings. The van der Waals surface area contributed by atoms with Crippen molar-refractivity contribution < 1.29 is 4.79 Å². The molecule has 1 aromatic carbocycles. The van der Waals surface area contributed by atoms with Crippen molar-refractivity contribution in [3.05, 3.63) is 48.0 Å². The second-order valence-corrected chi connectivity index (χ2v) is 4.56. The fourth-order valence-corrected chi connectivity index (χ4v) is 1.93. The summed E-state index contributed by atoms with van der Waals surface area (Å²) in [6, 6.07) is 10.1. The number of ketones is 1. The number of nitrogens with two attached hydrogens (primary N) is 1. The van der Waals surface area contributed by atoms with Gasteiger partial charge < -0.3 is 5.84 Å². The Morgan fingerprint density at radius 3 is 2.67 bits per heavy atom. The fourth-order valence-electron chi connectivity index (χ4n) is 1.93. The Morgan fingerprint density at radius 1 is 1.44 bits per heavy atom. The Morgan fingerprint density at radius 2 is 2.11 bits per heavy atom. The van der Waals surface area contributed by atoms with Gasteiger partial charge in [-0.25, -0.2) is 0 Å². The zero-order chi connectivity index (χ0) is 13.4. The Hall–Kier alpha value is -1.90. The molecule has 0 aromatic heterocycles. The molecular weight excluding hydrogens is 224 g/mol. The number of hydrogen-bond acceptors (Lipinski definition) is 3. The van der Waals surface area contributed by atoms with Crippen molar-refractivity contribution in [2.75, 3.05) is 0 Å². The highest BCUT2D eigenvalue weighted by atomic mass is 16.1. The molecule has 0 aliphatic heterocycles. The van der Waals surface area contributed by atoms with Crippen LogP contribution in [0.5, 0.6) is 0 Å². The first-order valence-electron chi connectivity index (χ1n) is 6.09. The highest BCUT2D eigenvalue weighted by Gasteiger charge is 2.16. The molecule has 1 atom stereocenters. The lowest BCUT2D eigenvalue weighted by Gasteiger charge is -2.13. The quantitative estimate of drug-likeness (QED) is 0.347. The van der Waals surface area contributed by atoms with E-state index >= 15 is 0 Å². The molecule has 0 amide bonds. The molecular formula is C15H20N2O. The number of allylic oxidation sites excluding steroid dienone is 1. The number of rotatable bonds is 7. The summed E-state index contributed by atoms with van der Waals surface area (Å²) in [7, 11) is 0. The summed E-state index contributed by atoms with van der Waals surface area (Å²) in [5, 5.41) is 3.31. The molecule has 0 bridgehead atoms. The van der Waals surface area contributed by atoms with Gasteiger partial charge in [-0.3, -0.25) is 4.79 Å². The van der Waals surface area contributed by atoms with Gasteiger partial charge in [-0.1, -0.05) is 35.9 Å². The molecule has 1 rings (SSSR count). The van der Waals surface area contributed by atoms with Gasteiger partial charge in [-0.05, 0) is 31.7 Å². The Kier molecular flexibility index (Phi) is 5.85. The molecule has 2 N–H and O–H groups in total. The molecule has 3 nitrogen and oxygen atoms in total. The Labute approximate surface area is 108 Å². The molecule has 96 valence electrons. The van der Waals surface area contributed by atoms with Crippen LogP contribution in [-0.2, 0) is 11.2 Å². The molecule has 0 fully saturated rings. The molecule has 18 heavy (non-hydrogen) atoms. The van der Waals surface area contributed by atoms with Gasteiger partial charge >= 0.3 is 0 Å². The topological polar surface area (TPSA) is 55.5 Å². The fraction of sp³-hybridized carbons (Fsp3) is 0.333. The maximum absolute atomic E-state index is 11.8. The van der Waals surface area contributed by atoms with Crippen molar-refractivity contribution in [1.82, 2.24) is 0 Å². The lowest BCUT2D eigenvalue weighted by atomic mass is 9.90. The van der Waals surface area contributed by atoms with Crippen LogP contribution in [0.3, 0.4) is 0 Å². The Bertz CT molecular complexity index is 423. The first-order chi connectivity index (χ1) is 8.63. The van der Waals surface area contributed by atoms with Gasteiger partial charge in [0.15, 0.2) is 5.78 Å². The zero-order valence-electron chi connectivity index (χ0n) is 10.8. The van der Waals surface area contributed by atoms with Gasteiger partial charge in [0.05, 0.1) is 6.21 Å². The van der Waals surface area contributed by atoms with Crippen LogP contribution in [0.1, 0.15) is 25.3 Å². The summed E-state index contributed by atoms with van der Waals surface area (Å²) in [4.78, 5) is 11.8. The van der Waals surface area contributed by atoms with Crippen LogP contribution in [0.25, 0.3) is 0 Å². The first-order valence-corrected chi connectivity index (χ1v) is 6.09. The van der Waals surface area contributed by atoms with Crippen molar-refractivity contribution in [2.45, 2.75) is 26.2 Å². The molecule has 1 unspecified atom stereocenters. The molecule has 3 heteroatoms. The molecule has 0 saturated heterocycles. The number of carbonyl (C=O) groups excluding carboxylic acids is 1. The summed E-state index contributed by atoms with van der Waals surface area (Å²) in [5.41, 5.74) is 2.24. The SMILES string of the molecule is C=C(C)CC(CCc1ccccc1)C(=O)C=NN. The van der Waals surface area contributed by atoms with E-state index in [1.807, 2.05) is 25.1 Å². The summed E-state index contributed by atoms with van der Waals surface area (Å²) < 4.78 is 0. The Balaban J connectivity index is 2.61. The maximum atomic E-state index is 11.8. The van der Waals surface area contributed by atoms with E-state index in [-0.39, 0.29) is 11.7 Å². The normalized spacial score (nSPS) is 12.5. The average molecular weight is 244 g/mol. The first kappa shape index (κ1) is 14.2. The van der Waals surface area contributed by atoms with E-state index in [9.17, 15) is 4.79 Å². The van der Waals surface area contributed by atoms with Gasteiger partial charge in [0.25, 0.3) is 0 Å². The predicted octanol–water partition coefficient (Wildman–Crippen LogP) is 2.72. The lowest BCUT2D eigenvalue weighted by Crippen LogP contribution is -2.17. The second-order valence-electron chi connectivity index (χ2n) is 4.56. The van der Waals surface area contributed by atoms with Crippen LogP contribution in [-0.4, -0.2) is 12.0 Å². The van der Waals surface area contributed by atoms with Crippen molar-refractivity contribution in [2.24, 2.45) is 16.9 Å². The van der Waals surface area contributed by atoms with Crippen molar-refractivity contribution in [3.8, 4) is 0 Å². The van der Waals surface area contributed by atoms with Crippen LogP contribution < -0.4 is 5.84 Å². The number of hydrogen-bond donors (Lipinski definition) is 1. The highest BCUT2D eigenvalue weighted by molar-refractivity contribution is 6.28. The lowest BCUT2D eigenvalue weighted by molar-refractivity contribution is -0.116. The van der Waals surface area contributed by atoms with Gasteiger partial charge in [-0.15, -0.1) is 6.58 Å². The minimum absolute atomic E-state index is 0.0172. The van der Waals surface area contributed by atoms with E-state index in [4.69, 9.17) is 5.84 Å². The van der Waals surface area contributed by atoms with E-state index in [0.29, 0.717) is 6.42 Å². The second kappa shape index (κ2) is 7.43. The number of carbonyl (C=O) groups is 1. The third kappa shape index (κ3) is 4.95. The van der Waals surface area contributed by atoms with Crippen LogP contribution in [0.2, 0.25) is 0 Å². The van der Waals surface area contributed by atoms with E-state index in [0.717, 1.165) is 18.4 Å². The molecule has 0 heterocycles. The summed E-state index contributed by atoms with van der Waals surface area (Å²) in [6.07, 6.45) is 3.57. The number of nitrogens with zero attached hydrogens (tertiary/aromatic N) is 1. The third-order valence-electron chi connectivity index (χ3n) is 2.82. The predicted molar refractivity (Wildman–Crippen MR) is 75.4 cm³/mol. The monoisotopic (exact) mass is 244 g/mol. The standard InChI is InChI=1S/C15H20N2O/c1-12(2)10-14(15(18)11-17-16)9-8-13-6-4-3-5-7-13/h3-7,11,14H,1,8-10,16H2,2H3. The third-order valence-corrected chi connectivity index (χ3v) is 2.82. The number of benzene rings is 1. The maximum Gasteiger partial charge on any atom is 0.179 e. The smallest absolute Gasteiger partial charge is 0.179 e. The van der Waals surface area contributed by atoms with E-state index in [1.54, 1.807) is 0 Å². The van der Waals surface area contributed by atoms with E-state index < -0.39 is 0 Å². The molecule has 0 saturated carbocycles. The van der Waals surface area contributed by atoms with Crippen molar-refractivity contribution in [3.63, 3.8) is 0 Å². The average Bonchev–Trinajstić information content (AvgIpc) is 2.35. The summed E-state index contributed by atoms with van der Waals surface area (Å²) in [5.74, 6) is 4.94. The van der Waals surface area contributed by atoms with E-state index in [1.165, 1.54) is 11.8 Å². The van der Waals surface area contributed by atoms with Crippen LogP contribution >= 0.6 is 0 Å². The van der Waals surface area contributed by atoms with Gasteiger partial charge in [0, 0.05) is 5.92 Å². The zero-order valence-corrected chi connectivity index (χ0v) is 10.8. The summed E-state index contributed by atoms with van der Waals surface area (Å²) >= 11 is 0. The molecule has 0 aliphatic carbocycles. The largest absolute Gasteiger partial charge is 0.323 e. The minimum Gasteiger partial charge on any atom is -0.323 e. The highest BCUT2D eigenvalue weighted by Crippen LogP contribution is 2.17. The van der Waals surface area contributed by atoms with Crippen LogP contribution in [0.15, 0.2) is 47.6 Å². The van der Waals surface area contributed by atoms with Gasteiger partial charge in [-0.2, -0.15) is 5.10 Å².